The molecule has 2 fully saturated rings. The molecular formula is C19H28N2O3S. The third-order valence-electron chi connectivity index (χ3n) is 5.30. The third kappa shape index (κ3) is 3.75. The van der Waals surface area contributed by atoms with Crippen LogP contribution in [0.15, 0.2) is 29.2 Å². The largest absolute Gasteiger partial charge is 0.341 e. The first-order chi connectivity index (χ1) is 11.8. The van der Waals surface area contributed by atoms with Crippen molar-refractivity contribution in [2.75, 3.05) is 19.6 Å². The molecule has 3 rings (SSSR count). The summed E-state index contributed by atoms with van der Waals surface area (Å²) in [5, 5.41) is 0. The van der Waals surface area contributed by atoms with Crippen LogP contribution in [-0.4, -0.2) is 49.2 Å². The third-order valence-corrected chi connectivity index (χ3v) is 7.22. The molecule has 2 heterocycles. The number of amides is 1. The number of hydrogen-bond donors (Lipinski definition) is 0. The summed E-state index contributed by atoms with van der Waals surface area (Å²) in [6, 6.07) is 6.32. The number of nitrogens with zero attached hydrogens (tertiary/aromatic N) is 2. The van der Waals surface area contributed by atoms with Crippen LogP contribution in [0, 0.1) is 18.8 Å². The van der Waals surface area contributed by atoms with Crippen molar-refractivity contribution < 1.29 is 13.2 Å². The van der Waals surface area contributed by atoms with Crippen molar-refractivity contribution in [3.63, 3.8) is 0 Å². The molecule has 0 radical (unpaired) electrons. The van der Waals surface area contributed by atoms with Crippen molar-refractivity contribution in [2.45, 2.75) is 51.0 Å². The Kier molecular flexibility index (Phi) is 5.21. The summed E-state index contributed by atoms with van der Waals surface area (Å²) in [6.45, 7) is 8.13. The molecule has 5 nitrogen and oxygen atoms in total. The maximum atomic E-state index is 13.1. The molecule has 1 aromatic rings. The Balaban J connectivity index is 1.82. The van der Waals surface area contributed by atoms with Crippen molar-refractivity contribution in [1.29, 1.82) is 0 Å². The predicted molar refractivity (Wildman–Crippen MR) is 97.6 cm³/mol. The summed E-state index contributed by atoms with van der Waals surface area (Å²) in [5.74, 6) is 0.916. The van der Waals surface area contributed by atoms with Gasteiger partial charge in [0.15, 0.2) is 0 Å². The van der Waals surface area contributed by atoms with Gasteiger partial charge in [0.1, 0.15) is 6.04 Å². The van der Waals surface area contributed by atoms with Crippen LogP contribution in [0.1, 0.15) is 38.7 Å². The minimum absolute atomic E-state index is 0.0217. The summed E-state index contributed by atoms with van der Waals surface area (Å²) >= 11 is 0. The fourth-order valence-electron chi connectivity index (χ4n) is 4.17. The molecule has 0 spiro atoms. The van der Waals surface area contributed by atoms with Crippen LogP contribution in [-0.2, 0) is 14.8 Å². The van der Waals surface area contributed by atoms with E-state index in [9.17, 15) is 13.2 Å². The van der Waals surface area contributed by atoms with Crippen LogP contribution in [0.5, 0.6) is 0 Å². The van der Waals surface area contributed by atoms with Crippen LogP contribution >= 0.6 is 0 Å². The highest BCUT2D eigenvalue weighted by Crippen LogP contribution is 2.29. The van der Waals surface area contributed by atoms with E-state index in [1.54, 1.807) is 24.3 Å². The molecule has 0 saturated carbocycles. The second-order valence-electron chi connectivity index (χ2n) is 7.78. The number of aryl methyl sites for hydroxylation is 1. The van der Waals surface area contributed by atoms with E-state index >= 15 is 0 Å². The van der Waals surface area contributed by atoms with Gasteiger partial charge in [-0.25, -0.2) is 8.42 Å². The molecule has 0 bridgehead atoms. The fourth-order valence-corrected chi connectivity index (χ4v) is 5.82. The highest BCUT2D eigenvalue weighted by molar-refractivity contribution is 7.89. The predicted octanol–water partition coefficient (Wildman–Crippen LogP) is 2.65. The minimum Gasteiger partial charge on any atom is -0.341 e. The van der Waals surface area contributed by atoms with Gasteiger partial charge >= 0.3 is 0 Å². The zero-order chi connectivity index (χ0) is 18.2. The lowest BCUT2D eigenvalue weighted by Crippen LogP contribution is -2.51. The van der Waals surface area contributed by atoms with Crippen LogP contribution in [0.2, 0.25) is 0 Å². The van der Waals surface area contributed by atoms with Gasteiger partial charge in [-0.1, -0.05) is 31.5 Å². The number of piperidine rings is 1. The van der Waals surface area contributed by atoms with Crippen molar-refractivity contribution in [3.8, 4) is 0 Å². The van der Waals surface area contributed by atoms with Gasteiger partial charge in [-0.3, -0.25) is 4.79 Å². The van der Waals surface area contributed by atoms with E-state index in [2.05, 4.69) is 13.8 Å². The van der Waals surface area contributed by atoms with E-state index in [4.69, 9.17) is 0 Å². The monoisotopic (exact) mass is 364 g/mol. The summed E-state index contributed by atoms with van der Waals surface area (Å²) in [7, 11) is -3.63. The molecular weight excluding hydrogens is 336 g/mol. The van der Waals surface area contributed by atoms with Gasteiger partial charge in [-0.05, 0) is 50.2 Å². The van der Waals surface area contributed by atoms with E-state index in [1.807, 2.05) is 11.8 Å². The Morgan fingerprint density at radius 2 is 1.68 bits per heavy atom. The number of sulfonamides is 1. The zero-order valence-corrected chi connectivity index (χ0v) is 16.1. The molecule has 0 unspecified atom stereocenters. The lowest BCUT2D eigenvalue weighted by atomic mass is 9.91. The fraction of sp³-hybridized carbons (Fsp3) is 0.632. The number of likely N-dealkylation sites (tertiary alicyclic amines) is 1. The number of carbonyl (C=O) groups is 1. The number of hydrogen-bond acceptors (Lipinski definition) is 3. The summed E-state index contributed by atoms with van der Waals surface area (Å²) in [5.41, 5.74) is 1.02. The molecule has 1 amide bonds. The van der Waals surface area contributed by atoms with E-state index < -0.39 is 16.1 Å². The molecule has 2 aliphatic heterocycles. The molecule has 138 valence electrons. The molecule has 2 saturated heterocycles. The van der Waals surface area contributed by atoms with E-state index in [0.29, 0.717) is 24.8 Å². The van der Waals surface area contributed by atoms with Gasteiger partial charge in [-0.2, -0.15) is 4.31 Å². The van der Waals surface area contributed by atoms with Gasteiger partial charge in [0.25, 0.3) is 0 Å². The molecule has 25 heavy (non-hydrogen) atoms. The Morgan fingerprint density at radius 1 is 1.08 bits per heavy atom. The molecule has 2 aliphatic rings. The smallest absolute Gasteiger partial charge is 0.243 e. The maximum absolute atomic E-state index is 13.1. The Morgan fingerprint density at radius 3 is 2.28 bits per heavy atom. The Bertz CT molecular complexity index is 720. The van der Waals surface area contributed by atoms with Gasteiger partial charge in [0, 0.05) is 19.6 Å². The summed E-state index contributed by atoms with van der Waals surface area (Å²) in [6.07, 6.45) is 2.48. The Hall–Kier alpha value is -1.40. The highest BCUT2D eigenvalue weighted by Gasteiger charge is 2.42. The summed E-state index contributed by atoms with van der Waals surface area (Å²) < 4.78 is 27.5. The van der Waals surface area contributed by atoms with Crippen LogP contribution in [0.4, 0.5) is 0 Å². The van der Waals surface area contributed by atoms with Crippen LogP contribution in [0.3, 0.4) is 0 Å². The minimum atomic E-state index is -3.63. The first kappa shape index (κ1) is 18.4. The summed E-state index contributed by atoms with van der Waals surface area (Å²) in [4.78, 5) is 15.2. The average Bonchev–Trinajstić information content (AvgIpc) is 3.04. The molecule has 0 N–H and O–H groups in total. The zero-order valence-electron chi connectivity index (χ0n) is 15.3. The van der Waals surface area contributed by atoms with Gasteiger partial charge < -0.3 is 4.90 Å². The number of carbonyl (C=O) groups excluding carboxylic acids is 1. The highest BCUT2D eigenvalue weighted by atomic mass is 32.2. The Labute approximate surface area is 151 Å². The van der Waals surface area contributed by atoms with Crippen LogP contribution in [0.25, 0.3) is 0 Å². The SMILES string of the molecule is Cc1ccc(S(=O)(=O)N2CCC[C@@H]2C(=O)N2C[C@@H](C)C[C@H](C)C2)cc1. The second kappa shape index (κ2) is 7.08. The van der Waals surface area contributed by atoms with Crippen LogP contribution < -0.4 is 0 Å². The normalized spacial score (nSPS) is 28.3. The maximum Gasteiger partial charge on any atom is 0.243 e. The molecule has 0 aliphatic carbocycles. The van der Waals surface area contributed by atoms with Crippen molar-refractivity contribution in [2.24, 2.45) is 11.8 Å². The van der Waals surface area contributed by atoms with Gasteiger partial charge in [0.05, 0.1) is 4.90 Å². The van der Waals surface area contributed by atoms with E-state index in [-0.39, 0.29) is 10.8 Å². The van der Waals surface area contributed by atoms with Gasteiger partial charge in [-0.15, -0.1) is 0 Å². The lowest BCUT2D eigenvalue weighted by molar-refractivity contribution is -0.137. The molecule has 3 atom stereocenters. The molecule has 6 heteroatoms. The van der Waals surface area contributed by atoms with Crippen molar-refractivity contribution >= 4 is 15.9 Å². The quantitative estimate of drug-likeness (QED) is 0.828. The van der Waals surface area contributed by atoms with E-state index in [1.165, 1.54) is 4.31 Å². The van der Waals surface area contributed by atoms with Gasteiger partial charge in [0.2, 0.25) is 15.9 Å². The number of benzene rings is 1. The number of rotatable bonds is 3. The van der Waals surface area contributed by atoms with Crippen molar-refractivity contribution in [1.82, 2.24) is 9.21 Å². The lowest BCUT2D eigenvalue weighted by Gasteiger charge is -2.37. The molecule has 1 aromatic carbocycles. The average molecular weight is 365 g/mol. The first-order valence-corrected chi connectivity index (χ1v) is 10.6. The first-order valence-electron chi connectivity index (χ1n) is 9.16. The molecule has 0 aromatic heterocycles. The standard InChI is InChI=1S/C19H28N2O3S/c1-14-6-8-17(9-7-14)25(23,24)21-10-4-5-18(21)19(22)20-12-15(2)11-16(3)13-20/h6-9,15-16,18H,4-5,10-13H2,1-3H3/t15-,16-,18+/m0/s1. The van der Waals surface area contributed by atoms with Crippen molar-refractivity contribution in [3.05, 3.63) is 29.8 Å². The van der Waals surface area contributed by atoms with E-state index in [0.717, 1.165) is 31.5 Å². The second-order valence-corrected chi connectivity index (χ2v) is 9.67. The topological polar surface area (TPSA) is 57.7 Å².